The van der Waals surface area contributed by atoms with E-state index in [1.165, 1.54) is 5.56 Å². The van der Waals surface area contributed by atoms with Gasteiger partial charge in [0.05, 0.1) is 7.11 Å². The van der Waals surface area contributed by atoms with Crippen LogP contribution >= 0.6 is 11.3 Å². The van der Waals surface area contributed by atoms with E-state index < -0.39 is 0 Å². The molecule has 0 fully saturated rings. The highest BCUT2D eigenvalue weighted by molar-refractivity contribution is 7.07. The third-order valence-corrected chi connectivity index (χ3v) is 3.24. The van der Waals surface area contributed by atoms with E-state index in [9.17, 15) is 5.11 Å². The SMILES string of the molecule is COc1ccc(O)c(CNCc2ccsc2)c1. The first-order valence-electron chi connectivity index (χ1n) is 5.37. The smallest absolute Gasteiger partial charge is 0.120 e. The number of aromatic hydroxyl groups is 1. The van der Waals surface area contributed by atoms with Gasteiger partial charge in [-0.3, -0.25) is 0 Å². The molecule has 0 spiro atoms. The highest BCUT2D eigenvalue weighted by Crippen LogP contribution is 2.22. The maximum Gasteiger partial charge on any atom is 0.120 e. The second-order valence-electron chi connectivity index (χ2n) is 3.73. The largest absolute Gasteiger partial charge is 0.508 e. The van der Waals surface area contributed by atoms with Gasteiger partial charge in [0.2, 0.25) is 0 Å². The summed E-state index contributed by atoms with van der Waals surface area (Å²) in [6, 6.07) is 7.33. The molecule has 2 aromatic rings. The molecule has 0 saturated heterocycles. The van der Waals surface area contributed by atoms with E-state index >= 15 is 0 Å². The third-order valence-electron chi connectivity index (χ3n) is 2.51. The van der Waals surface area contributed by atoms with Crippen LogP contribution in [0.25, 0.3) is 0 Å². The van der Waals surface area contributed by atoms with Crippen molar-refractivity contribution in [1.29, 1.82) is 0 Å². The summed E-state index contributed by atoms with van der Waals surface area (Å²) in [5.41, 5.74) is 2.11. The maximum absolute atomic E-state index is 9.69. The molecular formula is C13H15NO2S. The van der Waals surface area contributed by atoms with Crippen LogP contribution in [0.3, 0.4) is 0 Å². The van der Waals surface area contributed by atoms with E-state index in [-0.39, 0.29) is 0 Å². The molecule has 3 nitrogen and oxygen atoms in total. The van der Waals surface area contributed by atoms with Crippen molar-refractivity contribution >= 4 is 11.3 Å². The summed E-state index contributed by atoms with van der Waals surface area (Å²) in [5.74, 6) is 1.05. The Morgan fingerprint density at radius 2 is 2.18 bits per heavy atom. The third kappa shape index (κ3) is 3.22. The van der Waals surface area contributed by atoms with Crippen molar-refractivity contribution in [3.63, 3.8) is 0 Å². The molecule has 2 N–H and O–H groups in total. The van der Waals surface area contributed by atoms with Crippen molar-refractivity contribution in [2.24, 2.45) is 0 Å². The Morgan fingerprint density at radius 3 is 2.88 bits per heavy atom. The number of ether oxygens (including phenoxy) is 1. The minimum absolute atomic E-state index is 0.295. The molecule has 90 valence electrons. The van der Waals surface area contributed by atoms with Crippen LogP contribution in [0.1, 0.15) is 11.1 Å². The molecule has 0 aliphatic carbocycles. The van der Waals surface area contributed by atoms with Gasteiger partial charge in [-0.1, -0.05) is 0 Å². The molecule has 4 heteroatoms. The number of thiophene rings is 1. The minimum Gasteiger partial charge on any atom is -0.508 e. The summed E-state index contributed by atoms with van der Waals surface area (Å²) in [7, 11) is 1.62. The first kappa shape index (κ1) is 12.0. The Hall–Kier alpha value is -1.52. The van der Waals surface area contributed by atoms with E-state index in [1.54, 1.807) is 30.6 Å². The quantitative estimate of drug-likeness (QED) is 0.856. The Balaban J connectivity index is 1.94. The Kier molecular flexibility index (Phi) is 4.01. The van der Waals surface area contributed by atoms with Crippen LogP contribution in [-0.4, -0.2) is 12.2 Å². The fourth-order valence-corrected chi connectivity index (χ4v) is 2.23. The van der Waals surface area contributed by atoms with E-state index in [4.69, 9.17) is 4.74 Å². The van der Waals surface area contributed by atoms with Gasteiger partial charge >= 0.3 is 0 Å². The van der Waals surface area contributed by atoms with E-state index in [2.05, 4.69) is 22.1 Å². The lowest BCUT2D eigenvalue weighted by molar-refractivity contribution is 0.410. The normalized spacial score (nSPS) is 10.4. The molecule has 0 bridgehead atoms. The Morgan fingerprint density at radius 1 is 1.29 bits per heavy atom. The zero-order valence-electron chi connectivity index (χ0n) is 9.64. The zero-order chi connectivity index (χ0) is 12.1. The van der Waals surface area contributed by atoms with Crippen LogP contribution in [0.4, 0.5) is 0 Å². The van der Waals surface area contributed by atoms with Crippen LogP contribution < -0.4 is 10.1 Å². The number of methoxy groups -OCH3 is 1. The van der Waals surface area contributed by atoms with Crippen molar-refractivity contribution in [2.75, 3.05) is 7.11 Å². The number of phenolic OH excluding ortho intramolecular Hbond substituents is 1. The Bertz CT molecular complexity index is 468. The number of rotatable bonds is 5. The summed E-state index contributed by atoms with van der Waals surface area (Å²) in [5, 5.41) is 17.1. The predicted molar refractivity (Wildman–Crippen MR) is 69.5 cm³/mol. The summed E-state index contributed by atoms with van der Waals surface area (Å²) >= 11 is 1.69. The van der Waals surface area contributed by atoms with Crippen LogP contribution in [0.2, 0.25) is 0 Å². The van der Waals surface area contributed by atoms with Crippen molar-refractivity contribution in [3.8, 4) is 11.5 Å². The van der Waals surface area contributed by atoms with Crippen LogP contribution in [0, 0.1) is 0 Å². The second-order valence-corrected chi connectivity index (χ2v) is 4.51. The molecule has 0 radical (unpaired) electrons. The molecule has 0 amide bonds. The molecule has 0 unspecified atom stereocenters. The molecule has 0 aliphatic rings. The number of hydrogen-bond acceptors (Lipinski definition) is 4. The number of hydrogen-bond donors (Lipinski definition) is 2. The molecule has 1 aromatic carbocycles. The lowest BCUT2D eigenvalue weighted by Gasteiger charge is -2.08. The lowest BCUT2D eigenvalue weighted by atomic mass is 10.2. The minimum atomic E-state index is 0.295. The first-order valence-corrected chi connectivity index (χ1v) is 6.31. The fourth-order valence-electron chi connectivity index (χ4n) is 1.57. The maximum atomic E-state index is 9.69. The van der Waals surface area contributed by atoms with Gasteiger partial charge in [-0.15, -0.1) is 0 Å². The van der Waals surface area contributed by atoms with Gasteiger partial charge < -0.3 is 15.2 Å². The molecule has 0 saturated carbocycles. The van der Waals surface area contributed by atoms with Gasteiger partial charge in [-0.25, -0.2) is 0 Å². The average molecular weight is 249 g/mol. The number of nitrogens with one attached hydrogen (secondary N) is 1. The van der Waals surface area contributed by atoms with E-state index in [1.807, 2.05) is 6.07 Å². The van der Waals surface area contributed by atoms with E-state index in [0.29, 0.717) is 12.3 Å². The molecule has 0 atom stereocenters. The van der Waals surface area contributed by atoms with Crippen LogP contribution in [0.15, 0.2) is 35.0 Å². The van der Waals surface area contributed by atoms with E-state index in [0.717, 1.165) is 17.9 Å². The van der Waals surface area contributed by atoms with Crippen molar-refractivity contribution < 1.29 is 9.84 Å². The van der Waals surface area contributed by atoms with Gasteiger partial charge in [-0.2, -0.15) is 11.3 Å². The highest BCUT2D eigenvalue weighted by atomic mass is 32.1. The fraction of sp³-hybridized carbons (Fsp3) is 0.231. The Labute approximate surface area is 105 Å². The van der Waals surface area contributed by atoms with Crippen molar-refractivity contribution in [1.82, 2.24) is 5.32 Å². The summed E-state index contributed by atoms with van der Waals surface area (Å²) in [4.78, 5) is 0. The average Bonchev–Trinajstić information content (AvgIpc) is 2.84. The number of phenols is 1. The molecule has 1 heterocycles. The van der Waals surface area contributed by atoms with Crippen molar-refractivity contribution in [3.05, 3.63) is 46.2 Å². The zero-order valence-corrected chi connectivity index (χ0v) is 10.5. The van der Waals surface area contributed by atoms with Gasteiger partial charge in [0.15, 0.2) is 0 Å². The summed E-state index contributed by atoms with van der Waals surface area (Å²) < 4.78 is 5.12. The summed E-state index contributed by atoms with van der Waals surface area (Å²) in [6.45, 7) is 1.43. The van der Waals surface area contributed by atoms with Crippen LogP contribution in [-0.2, 0) is 13.1 Å². The lowest BCUT2D eigenvalue weighted by Crippen LogP contribution is -2.12. The monoisotopic (exact) mass is 249 g/mol. The topological polar surface area (TPSA) is 41.5 Å². The van der Waals surface area contributed by atoms with Gasteiger partial charge in [-0.05, 0) is 40.6 Å². The standard InChI is InChI=1S/C13H15NO2S/c1-16-12-2-3-13(15)11(6-12)8-14-7-10-4-5-17-9-10/h2-6,9,14-15H,7-8H2,1H3. The molecule has 17 heavy (non-hydrogen) atoms. The second kappa shape index (κ2) is 5.70. The molecule has 2 rings (SSSR count). The number of benzene rings is 1. The van der Waals surface area contributed by atoms with Crippen molar-refractivity contribution in [2.45, 2.75) is 13.1 Å². The van der Waals surface area contributed by atoms with Gasteiger partial charge in [0.25, 0.3) is 0 Å². The predicted octanol–water partition coefficient (Wildman–Crippen LogP) is 2.75. The first-order chi connectivity index (χ1) is 8.29. The molecule has 0 aliphatic heterocycles. The van der Waals surface area contributed by atoms with Gasteiger partial charge in [0.1, 0.15) is 11.5 Å². The highest BCUT2D eigenvalue weighted by Gasteiger charge is 2.03. The van der Waals surface area contributed by atoms with Crippen LogP contribution in [0.5, 0.6) is 11.5 Å². The summed E-state index contributed by atoms with van der Waals surface area (Å²) in [6.07, 6.45) is 0. The molecular weight excluding hydrogens is 234 g/mol. The molecule has 1 aromatic heterocycles. The van der Waals surface area contributed by atoms with Gasteiger partial charge in [0, 0.05) is 18.7 Å².